The second kappa shape index (κ2) is 12.5. The summed E-state index contributed by atoms with van der Waals surface area (Å²) >= 11 is 1.67. The van der Waals surface area contributed by atoms with Crippen LogP contribution in [0.5, 0.6) is 0 Å². The maximum Gasteiger partial charge on any atom is 0.410 e. The minimum atomic E-state index is -0.388. The average Bonchev–Trinajstić information content (AvgIpc) is 3.11. The first kappa shape index (κ1) is 24.2. The Hall–Kier alpha value is -1.80. The zero-order valence-electron chi connectivity index (χ0n) is 16.4. The van der Waals surface area contributed by atoms with Gasteiger partial charge in [-0.15, -0.1) is 11.8 Å². The Kier molecular flexibility index (Phi) is 11.7. The number of non-ortho nitro benzene ring substituents is 1. The minimum absolute atomic E-state index is 0.149. The van der Waals surface area contributed by atoms with Gasteiger partial charge in [0.1, 0.15) is 5.60 Å². The first-order chi connectivity index (χ1) is 12.2. The molecule has 2 N–H and O–H groups in total. The normalized spacial score (nSPS) is 13.1. The SMILES string of the molecule is CC(C)(C)OC(=O)N1CCCC1.CCSc1ccc([N+](=O)[O-])cc1.CN. The third-order valence-corrected chi connectivity index (χ3v) is 4.01. The zero-order chi connectivity index (χ0) is 20.2. The van der Waals surface area contributed by atoms with E-state index in [1.165, 1.54) is 19.2 Å². The quantitative estimate of drug-likeness (QED) is 0.473. The van der Waals surface area contributed by atoms with Crippen LogP contribution in [0.4, 0.5) is 10.5 Å². The first-order valence-electron chi connectivity index (χ1n) is 8.66. The van der Waals surface area contributed by atoms with Crippen molar-refractivity contribution < 1.29 is 14.5 Å². The number of carbonyl (C=O) groups is 1. The number of nitrogens with two attached hydrogens (primary N) is 1. The molecule has 1 aromatic carbocycles. The monoisotopic (exact) mass is 385 g/mol. The van der Waals surface area contributed by atoms with Crippen molar-refractivity contribution in [1.29, 1.82) is 0 Å². The summed E-state index contributed by atoms with van der Waals surface area (Å²) in [5.41, 5.74) is 4.29. The average molecular weight is 386 g/mol. The summed E-state index contributed by atoms with van der Waals surface area (Å²) in [6, 6.07) is 6.59. The summed E-state index contributed by atoms with van der Waals surface area (Å²) in [7, 11) is 1.50. The van der Waals surface area contributed by atoms with E-state index in [0.29, 0.717) is 0 Å². The molecule has 0 saturated carbocycles. The van der Waals surface area contributed by atoms with Crippen molar-refractivity contribution in [3.63, 3.8) is 0 Å². The number of rotatable bonds is 3. The van der Waals surface area contributed by atoms with Crippen LogP contribution in [0.25, 0.3) is 0 Å². The van der Waals surface area contributed by atoms with Gasteiger partial charge in [-0.3, -0.25) is 10.1 Å². The van der Waals surface area contributed by atoms with Gasteiger partial charge in [-0.25, -0.2) is 4.79 Å². The van der Waals surface area contributed by atoms with Crippen LogP contribution in [0.3, 0.4) is 0 Å². The number of benzene rings is 1. The van der Waals surface area contributed by atoms with Crippen molar-refractivity contribution in [2.45, 2.75) is 51.0 Å². The van der Waals surface area contributed by atoms with Crippen molar-refractivity contribution in [1.82, 2.24) is 4.90 Å². The molecule has 0 radical (unpaired) electrons. The fourth-order valence-electron chi connectivity index (χ4n) is 2.06. The smallest absolute Gasteiger partial charge is 0.410 e. The number of hydrogen-bond donors (Lipinski definition) is 1. The standard InChI is InChI=1S/C9H17NO2.C8H9NO2S.CH5N/c1-9(2,3)12-8(11)10-6-4-5-7-10;1-2-12-8-5-3-7(4-6-8)9(10)11;1-2/h4-7H2,1-3H3;3-6H,2H2,1H3;2H2,1H3. The molecule has 26 heavy (non-hydrogen) atoms. The van der Waals surface area contributed by atoms with Gasteiger partial charge >= 0.3 is 6.09 Å². The second-order valence-corrected chi connectivity index (χ2v) is 7.70. The van der Waals surface area contributed by atoms with E-state index in [-0.39, 0.29) is 22.3 Å². The Morgan fingerprint density at radius 2 is 1.73 bits per heavy atom. The predicted molar refractivity (Wildman–Crippen MR) is 107 cm³/mol. The van der Waals surface area contributed by atoms with Crippen molar-refractivity contribution >= 4 is 23.5 Å². The number of nitro benzene ring substituents is 1. The molecule has 1 amide bonds. The molecule has 0 spiro atoms. The van der Waals surface area contributed by atoms with E-state index < -0.39 is 0 Å². The summed E-state index contributed by atoms with van der Waals surface area (Å²) in [5.74, 6) is 0.984. The summed E-state index contributed by atoms with van der Waals surface area (Å²) in [5, 5.41) is 10.3. The number of carbonyl (C=O) groups excluding carboxylic acids is 1. The number of likely N-dealkylation sites (tertiary alicyclic amines) is 1. The van der Waals surface area contributed by atoms with Crippen molar-refractivity contribution in [2.24, 2.45) is 5.73 Å². The summed E-state index contributed by atoms with van der Waals surface area (Å²) in [4.78, 5) is 24.1. The number of thioether (sulfide) groups is 1. The number of nitro groups is 1. The molecule has 7 nitrogen and oxygen atoms in total. The van der Waals surface area contributed by atoms with Gasteiger partial charge in [-0.05, 0) is 58.5 Å². The number of ether oxygens (including phenoxy) is 1. The number of amides is 1. The topological polar surface area (TPSA) is 98.7 Å². The molecule has 8 heteroatoms. The molecule has 148 valence electrons. The van der Waals surface area contributed by atoms with Gasteiger partial charge in [0, 0.05) is 30.1 Å². The molecule has 0 bridgehead atoms. The molecule has 2 rings (SSSR count). The van der Waals surface area contributed by atoms with E-state index in [2.05, 4.69) is 5.73 Å². The number of nitrogens with zero attached hydrogens (tertiary/aromatic N) is 2. The van der Waals surface area contributed by atoms with Gasteiger partial charge in [0.25, 0.3) is 5.69 Å². The van der Waals surface area contributed by atoms with Gasteiger partial charge in [0.15, 0.2) is 0 Å². The van der Waals surface area contributed by atoms with Gasteiger partial charge in [-0.2, -0.15) is 0 Å². The summed E-state index contributed by atoms with van der Waals surface area (Å²) < 4.78 is 5.21. The Labute approximate surface area is 160 Å². The van der Waals surface area contributed by atoms with Crippen LogP contribution in [0.1, 0.15) is 40.5 Å². The molecule has 1 aliphatic rings. The predicted octanol–water partition coefficient (Wildman–Crippen LogP) is 4.30. The lowest BCUT2D eigenvalue weighted by molar-refractivity contribution is -0.384. The lowest BCUT2D eigenvalue weighted by Gasteiger charge is -2.23. The molecular formula is C18H31N3O4S. The molecule has 0 unspecified atom stereocenters. The van der Waals surface area contributed by atoms with Crippen LogP contribution in [-0.2, 0) is 4.74 Å². The number of hydrogen-bond acceptors (Lipinski definition) is 6. The van der Waals surface area contributed by atoms with Crippen molar-refractivity contribution in [3.05, 3.63) is 34.4 Å². The van der Waals surface area contributed by atoms with E-state index in [4.69, 9.17) is 4.74 Å². The third-order valence-electron chi connectivity index (χ3n) is 3.12. The Morgan fingerprint density at radius 1 is 1.23 bits per heavy atom. The van der Waals surface area contributed by atoms with Crippen LogP contribution in [0.15, 0.2) is 29.2 Å². The largest absolute Gasteiger partial charge is 0.444 e. The summed E-state index contributed by atoms with van der Waals surface area (Å²) in [6.45, 7) is 9.43. The molecular weight excluding hydrogens is 354 g/mol. The van der Waals surface area contributed by atoms with E-state index in [1.807, 2.05) is 27.7 Å². The van der Waals surface area contributed by atoms with Gasteiger partial charge < -0.3 is 15.4 Å². The van der Waals surface area contributed by atoms with Crippen LogP contribution < -0.4 is 5.73 Å². The molecule has 0 aliphatic carbocycles. The lowest BCUT2D eigenvalue weighted by atomic mass is 10.2. The van der Waals surface area contributed by atoms with Gasteiger partial charge in [0.05, 0.1) is 4.92 Å². The molecule has 1 heterocycles. The van der Waals surface area contributed by atoms with E-state index in [1.54, 1.807) is 28.8 Å². The summed E-state index contributed by atoms with van der Waals surface area (Å²) in [6.07, 6.45) is 2.05. The fraction of sp³-hybridized carbons (Fsp3) is 0.611. The lowest BCUT2D eigenvalue weighted by Crippen LogP contribution is -2.34. The van der Waals surface area contributed by atoms with E-state index in [9.17, 15) is 14.9 Å². The Bertz CT molecular complexity index is 538. The fourth-order valence-corrected chi connectivity index (χ4v) is 2.72. The first-order valence-corrected chi connectivity index (χ1v) is 9.64. The molecule has 1 aliphatic heterocycles. The molecule has 1 fully saturated rings. The zero-order valence-corrected chi connectivity index (χ0v) is 17.2. The highest BCUT2D eigenvalue weighted by Gasteiger charge is 2.23. The molecule has 0 atom stereocenters. The van der Waals surface area contributed by atoms with Crippen LogP contribution in [0, 0.1) is 10.1 Å². The molecule has 0 aromatic heterocycles. The second-order valence-electron chi connectivity index (χ2n) is 6.36. The van der Waals surface area contributed by atoms with Crippen LogP contribution >= 0.6 is 11.8 Å². The Morgan fingerprint density at radius 3 is 2.12 bits per heavy atom. The Balaban J connectivity index is 0.000000439. The maximum atomic E-state index is 11.4. The molecule has 1 aromatic rings. The van der Waals surface area contributed by atoms with Crippen LogP contribution in [0.2, 0.25) is 0 Å². The highest BCUT2D eigenvalue weighted by atomic mass is 32.2. The van der Waals surface area contributed by atoms with E-state index >= 15 is 0 Å². The van der Waals surface area contributed by atoms with Gasteiger partial charge in [0.2, 0.25) is 0 Å². The van der Waals surface area contributed by atoms with Crippen LogP contribution in [-0.4, -0.2) is 47.4 Å². The van der Waals surface area contributed by atoms with Crippen molar-refractivity contribution in [2.75, 3.05) is 25.9 Å². The van der Waals surface area contributed by atoms with Crippen molar-refractivity contribution in [3.8, 4) is 0 Å². The highest BCUT2D eigenvalue weighted by Crippen LogP contribution is 2.20. The molecule has 1 saturated heterocycles. The maximum absolute atomic E-state index is 11.4. The van der Waals surface area contributed by atoms with E-state index in [0.717, 1.165) is 36.6 Å². The van der Waals surface area contributed by atoms with Gasteiger partial charge in [-0.1, -0.05) is 6.92 Å². The highest BCUT2D eigenvalue weighted by molar-refractivity contribution is 7.99. The third kappa shape index (κ3) is 10.2. The minimum Gasteiger partial charge on any atom is -0.444 e.